The van der Waals surface area contributed by atoms with Crippen LogP contribution in [0, 0.1) is 28.6 Å². The van der Waals surface area contributed by atoms with Gasteiger partial charge in [0.05, 0.1) is 10.9 Å². The van der Waals surface area contributed by atoms with E-state index < -0.39 is 63.2 Å². The molecule has 13 nitrogen and oxygen atoms in total. The van der Waals surface area contributed by atoms with Gasteiger partial charge < -0.3 is 26.2 Å². The molecule has 0 radical (unpaired) electrons. The molecule has 15 heteroatoms. The number of thiophene rings is 1. The molecule has 2 aliphatic heterocycles. The Balaban J connectivity index is 1.34. The summed E-state index contributed by atoms with van der Waals surface area (Å²) in [5.74, 6) is -2.58. The molecule has 2 saturated carbocycles. The van der Waals surface area contributed by atoms with Gasteiger partial charge in [0.2, 0.25) is 27.6 Å². The molecule has 6 atom stereocenters. The highest BCUT2D eigenvalue weighted by Crippen LogP contribution is 2.65. The fraction of sp³-hybridized carbons (Fsp3) is 0.703. The summed E-state index contributed by atoms with van der Waals surface area (Å²) in [6.45, 7) is 16.1. The number of sulfonamides is 1. The van der Waals surface area contributed by atoms with Gasteiger partial charge in [-0.2, -0.15) is 4.31 Å². The number of piperidine rings is 1. The van der Waals surface area contributed by atoms with Crippen molar-refractivity contribution in [3.63, 3.8) is 0 Å². The van der Waals surface area contributed by atoms with Gasteiger partial charge in [0.15, 0.2) is 0 Å². The predicted octanol–water partition coefficient (Wildman–Crippen LogP) is 3.55. The smallest absolute Gasteiger partial charge is 0.315 e. The van der Waals surface area contributed by atoms with E-state index in [2.05, 4.69) is 41.7 Å². The van der Waals surface area contributed by atoms with E-state index in [0.29, 0.717) is 17.9 Å². The number of Topliss-reactive ketones (excluding diaryl/α,β-unsaturated/α-hetero) is 1. The standard InChI is InChI=1S/C37H56N6O7S2/c1-8-13-24(31(44)33(46)38-17-9-2)39-32(45)30-28-23(37(28,6)7)19-43(30)34(47)29(22-14-11-10-12-15-22)41-35(48)40-27(36(3,4)5)21-42-20-25-26(16-18-51-25)52(42,49)50/h9,16,18,22-24,27-30H,2,8,10-15,17,19-21H2,1,3-7H3,(H,38,46)(H,39,45)(H2,40,41,48)/t23-,24?,27+,28-,29-,30-/m0/s1. The maximum atomic E-state index is 14.7. The summed E-state index contributed by atoms with van der Waals surface area (Å²) in [6, 6.07) is -2.35. The van der Waals surface area contributed by atoms with E-state index in [1.165, 1.54) is 21.7 Å². The molecule has 4 N–H and O–H groups in total. The van der Waals surface area contributed by atoms with Crippen LogP contribution in [0.2, 0.25) is 0 Å². The van der Waals surface area contributed by atoms with E-state index in [1.807, 2.05) is 27.7 Å². The first kappa shape index (κ1) is 39.9. The van der Waals surface area contributed by atoms with E-state index >= 15 is 0 Å². The molecule has 3 fully saturated rings. The number of likely N-dealkylation sites (tertiary alicyclic amines) is 1. The van der Waals surface area contributed by atoms with Crippen molar-refractivity contribution < 1.29 is 32.4 Å². The van der Waals surface area contributed by atoms with Crippen LogP contribution in [-0.2, 0) is 35.7 Å². The monoisotopic (exact) mass is 760 g/mol. The number of hydrogen-bond acceptors (Lipinski definition) is 8. The van der Waals surface area contributed by atoms with E-state index in [0.717, 1.165) is 37.0 Å². The van der Waals surface area contributed by atoms with Crippen LogP contribution in [0.1, 0.15) is 91.4 Å². The molecular weight excluding hydrogens is 705 g/mol. The maximum Gasteiger partial charge on any atom is 0.315 e. The number of fused-ring (bicyclic) bond motifs is 2. The van der Waals surface area contributed by atoms with Crippen LogP contribution in [-0.4, -0.2) is 91.0 Å². The zero-order valence-corrected chi connectivity index (χ0v) is 33.0. The zero-order chi connectivity index (χ0) is 38.2. The first-order valence-corrected chi connectivity index (χ1v) is 20.9. The average molecular weight is 761 g/mol. The van der Waals surface area contributed by atoms with Crippen LogP contribution in [0.15, 0.2) is 29.0 Å². The molecule has 3 heterocycles. The Morgan fingerprint density at radius 2 is 1.77 bits per heavy atom. The molecule has 5 rings (SSSR count). The van der Waals surface area contributed by atoms with Crippen LogP contribution in [0.25, 0.3) is 0 Å². The molecule has 4 aliphatic rings. The van der Waals surface area contributed by atoms with Crippen molar-refractivity contribution in [1.29, 1.82) is 0 Å². The second kappa shape index (κ2) is 15.6. The van der Waals surface area contributed by atoms with Crippen molar-refractivity contribution in [2.75, 3.05) is 19.6 Å². The molecule has 1 unspecified atom stereocenters. The molecule has 1 aromatic heterocycles. The van der Waals surface area contributed by atoms with Gasteiger partial charge in [-0.25, -0.2) is 13.2 Å². The Morgan fingerprint density at radius 3 is 2.38 bits per heavy atom. The Labute approximate surface area is 312 Å². The number of urea groups is 1. The number of carbonyl (C=O) groups is 5. The van der Waals surface area contributed by atoms with Gasteiger partial charge in [-0.3, -0.25) is 19.2 Å². The molecule has 52 heavy (non-hydrogen) atoms. The van der Waals surface area contributed by atoms with Gasteiger partial charge in [-0.1, -0.05) is 73.3 Å². The highest BCUT2D eigenvalue weighted by Gasteiger charge is 2.69. The van der Waals surface area contributed by atoms with Crippen LogP contribution in [0.3, 0.4) is 0 Å². The van der Waals surface area contributed by atoms with Crippen molar-refractivity contribution in [3.8, 4) is 0 Å². The normalized spacial score (nSPS) is 25.2. The predicted molar refractivity (Wildman–Crippen MR) is 199 cm³/mol. The highest BCUT2D eigenvalue weighted by molar-refractivity contribution is 7.89. The topological polar surface area (TPSA) is 174 Å². The lowest BCUT2D eigenvalue weighted by Crippen LogP contribution is -2.61. The number of hydrogen-bond donors (Lipinski definition) is 4. The van der Waals surface area contributed by atoms with Gasteiger partial charge in [-0.15, -0.1) is 17.9 Å². The van der Waals surface area contributed by atoms with E-state index in [4.69, 9.17) is 0 Å². The van der Waals surface area contributed by atoms with Crippen molar-refractivity contribution in [2.45, 2.75) is 122 Å². The summed E-state index contributed by atoms with van der Waals surface area (Å²) >= 11 is 1.39. The number of nitrogens with zero attached hydrogens (tertiary/aromatic N) is 2. The van der Waals surface area contributed by atoms with Gasteiger partial charge in [0.1, 0.15) is 12.1 Å². The average Bonchev–Trinajstić information content (AvgIpc) is 3.55. The Morgan fingerprint density at radius 1 is 1.08 bits per heavy atom. The third-order valence-corrected chi connectivity index (χ3v) is 14.6. The van der Waals surface area contributed by atoms with E-state index in [-0.39, 0.29) is 55.1 Å². The minimum atomic E-state index is -3.68. The van der Waals surface area contributed by atoms with Gasteiger partial charge in [-0.05, 0) is 59.3 Å². The molecular formula is C37H56N6O7S2. The SMILES string of the molecule is C=CCNC(=O)C(=O)C(CCC)NC(=O)[C@@H]1[C@@H]2[C@H](CN1C(=O)[C@@H](NC(=O)N[C@H](CN1Cc3sccc3S1(=O)=O)C(C)(C)C)C1CCCCC1)C2(C)C. The molecule has 288 valence electrons. The molecule has 0 aromatic carbocycles. The van der Waals surface area contributed by atoms with Crippen molar-refractivity contribution >= 4 is 50.9 Å². The first-order valence-electron chi connectivity index (χ1n) is 18.6. The van der Waals surface area contributed by atoms with Crippen LogP contribution >= 0.6 is 11.3 Å². The number of carbonyl (C=O) groups excluding carboxylic acids is 5. The summed E-state index contributed by atoms with van der Waals surface area (Å²) < 4.78 is 27.9. The third-order valence-electron chi connectivity index (χ3n) is 11.7. The minimum absolute atomic E-state index is 0.0682. The third kappa shape index (κ3) is 8.10. The highest BCUT2D eigenvalue weighted by atomic mass is 32.2. The van der Waals surface area contributed by atoms with Gasteiger partial charge in [0.25, 0.3) is 5.91 Å². The summed E-state index contributed by atoms with van der Waals surface area (Å²) in [5.41, 5.74) is -0.720. The first-order chi connectivity index (χ1) is 24.4. The van der Waals surface area contributed by atoms with Gasteiger partial charge in [0, 0.05) is 37.1 Å². The molecule has 0 spiro atoms. The summed E-state index contributed by atoms with van der Waals surface area (Å²) in [5, 5.41) is 13.1. The number of ketones is 1. The lowest BCUT2D eigenvalue weighted by molar-refractivity contribution is -0.144. The largest absolute Gasteiger partial charge is 0.346 e. The minimum Gasteiger partial charge on any atom is -0.346 e. The maximum absolute atomic E-state index is 14.7. The second-order valence-corrected chi connectivity index (χ2v) is 19.4. The Kier molecular flexibility index (Phi) is 12.0. The van der Waals surface area contributed by atoms with Crippen LogP contribution in [0.5, 0.6) is 0 Å². The molecule has 1 saturated heterocycles. The van der Waals surface area contributed by atoms with Crippen LogP contribution in [0.4, 0.5) is 4.79 Å². The lowest BCUT2D eigenvalue weighted by Gasteiger charge is -2.38. The summed E-state index contributed by atoms with van der Waals surface area (Å²) in [4.78, 5) is 70.9. The van der Waals surface area contributed by atoms with E-state index in [1.54, 1.807) is 16.3 Å². The quantitative estimate of drug-likeness (QED) is 0.166. The Hall–Kier alpha value is -3.30. The van der Waals surface area contributed by atoms with Crippen molar-refractivity contribution in [2.24, 2.45) is 28.6 Å². The Bertz CT molecular complexity index is 1660. The molecule has 2 aliphatic carbocycles. The van der Waals surface area contributed by atoms with Crippen LogP contribution < -0.4 is 21.3 Å². The fourth-order valence-corrected chi connectivity index (χ4v) is 11.3. The molecule has 5 amide bonds. The lowest BCUT2D eigenvalue weighted by atomic mass is 9.83. The number of rotatable bonds is 14. The number of amides is 5. The zero-order valence-electron chi connectivity index (χ0n) is 31.3. The van der Waals surface area contributed by atoms with Gasteiger partial charge >= 0.3 is 6.03 Å². The molecule has 1 aromatic rings. The second-order valence-electron chi connectivity index (χ2n) is 16.5. The summed E-state index contributed by atoms with van der Waals surface area (Å²) in [7, 11) is -3.68. The van der Waals surface area contributed by atoms with Crippen molar-refractivity contribution in [3.05, 3.63) is 29.0 Å². The van der Waals surface area contributed by atoms with Crippen molar-refractivity contribution in [1.82, 2.24) is 30.5 Å². The summed E-state index contributed by atoms with van der Waals surface area (Å²) in [6.07, 6.45) is 6.62. The number of nitrogens with one attached hydrogen (secondary N) is 4. The fourth-order valence-electron chi connectivity index (χ4n) is 8.37. The molecule has 0 bridgehead atoms. The van der Waals surface area contributed by atoms with E-state index in [9.17, 15) is 32.4 Å².